The topological polar surface area (TPSA) is 67.2 Å². The number of hydrogen-bond acceptors (Lipinski definition) is 5. The summed E-state index contributed by atoms with van der Waals surface area (Å²) in [6, 6.07) is 11.6. The molecule has 1 heterocycles. The zero-order valence-electron chi connectivity index (χ0n) is 13.9. The predicted molar refractivity (Wildman–Crippen MR) is 98.5 cm³/mol. The summed E-state index contributed by atoms with van der Waals surface area (Å²) in [7, 11) is 1.57. The molecule has 0 fully saturated rings. The van der Waals surface area contributed by atoms with Gasteiger partial charge in [0.05, 0.1) is 23.4 Å². The van der Waals surface area contributed by atoms with E-state index in [4.69, 9.17) is 21.1 Å². The van der Waals surface area contributed by atoms with E-state index in [-0.39, 0.29) is 5.69 Å². The molecule has 1 N–H and O–H groups in total. The molecule has 5 nitrogen and oxygen atoms in total. The maximum absolute atomic E-state index is 14.1. The van der Waals surface area contributed by atoms with Gasteiger partial charge in [0.2, 0.25) is 0 Å². The number of hydrogen-bond donors (Lipinski definition) is 1. The lowest BCUT2D eigenvalue weighted by atomic mass is 10.1. The molecule has 0 radical (unpaired) electrons. The first kappa shape index (κ1) is 17.9. The molecule has 2 aromatic carbocycles. The van der Waals surface area contributed by atoms with E-state index < -0.39 is 5.82 Å². The summed E-state index contributed by atoms with van der Waals surface area (Å²) in [6.45, 7) is 0.735. The standard InChI is InChI=1S/C19H15ClFN3O2/c1-25-6-7-26-19-10-18-14(8-12(19)11-22)16(4-5-23-18)24-17-3-2-13(20)9-15(17)21/h2-5,8-10H,6-7H2,1H3,(H,23,24). The van der Waals surface area contributed by atoms with Crippen LogP contribution in [0.3, 0.4) is 0 Å². The molecular formula is C19H15ClFN3O2. The molecule has 7 heteroatoms. The highest BCUT2D eigenvalue weighted by Gasteiger charge is 2.11. The molecule has 0 bridgehead atoms. The van der Waals surface area contributed by atoms with Gasteiger partial charge in [-0.3, -0.25) is 4.98 Å². The molecule has 0 unspecified atom stereocenters. The van der Waals surface area contributed by atoms with Gasteiger partial charge in [0.15, 0.2) is 0 Å². The summed E-state index contributed by atoms with van der Waals surface area (Å²) in [5.41, 5.74) is 1.88. The van der Waals surface area contributed by atoms with Crippen molar-refractivity contribution in [3.63, 3.8) is 0 Å². The molecule has 132 valence electrons. The summed E-state index contributed by atoms with van der Waals surface area (Å²) in [5.74, 6) is -0.0399. The van der Waals surface area contributed by atoms with Gasteiger partial charge in [-0.25, -0.2) is 4.39 Å². The van der Waals surface area contributed by atoms with Crippen LogP contribution in [0.5, 0.6) is 5.75 Å². The molecule has 0 spiro atoms. The number of rotatable bonds is 6. The van der Waals surface area contributed by atoms with E-state index in [9.17, 15) is 9.65 Å². The molecule has 0 aliphatic carbocycles. The Hall–Kier alpha value is -2.88. The fourth-order valence-electron chi connectivity index (χ4n) is 2.46. The van der Waals surface area contributed by atoms with E-state index in [1.807, 2.05) is 0 Å². The second kappa shape index (κ2) is 8.00. The number of halogens is 2. The summed E-state index contributed by atoms with van der Waals surface area (Å²) < 4.78 is 24.6. The fraction of sp³-hybridized carbons (Fsp3) is 0.158. The summed E-state index contributed by atoms with van der Waals surface area (Å²) >= 11 is 5.79. The normalized spacial score (nSPS) is 10.5. The Bertz CT molecular complexity index is 988. The molecule has 26 heavy (non-hydrogen) atoms. The molecule has 0 saturated carbocycles. The van der Waals surface area contributed by atoms with Crippen molar-refractivity contribution in [1.29, 1.82) is 5.26 Å². The van der Waals surface area contributed by atoms with Crippen molar-refractivity contribution in [3.05, 3.63) is 59.0 Å². The Morgan fingerprint density at radius 2 is 2.04 bits per heavy atom. The highest BCUT2D eigenvalue weighted by Crippen LogP contribution is 2.31. The molecule has 3 aromatic rings. The van der Waals surface area contributed by atoms with Crippen LogP contribution in [0.15, 0.2) is 42.6 Å². The van der Waals surface area contributed by atoms with Gasteiger partial charge in [-0.15, -0.1) is 0 Å². The van der Waals surface area contributed by atoms with E-state index in [1.165, 1.54) is 6.07 Å². The maximum Gasteiger partial charge on any atom is 0.148 e. The van der Waals surface area contributed by atoms with Crippen molar-refractivity contribution >= 4 is 33.9 Å². The van der Waals surface area contributed by atoms with Crippen LogP contribution in [0.4, 0.5) is 15.8 Å². The first-order valence-corrected chi connectivity index (χ1v) is 8.17. The van der Waals surface area contributed by atoms with Gasteiger partial charge >= 0.3 is 0 Å². The molecule has 0 aliphatic rings. The molecule has 0 aliphatic heterocycles. The number of anilines is 2. The number of nitrogens with one attached hydrogen (secondary N) is 1. The molecule has 0 saturated heterocycles. The third kappa shape index (κ3) is 3.85. The number of ether oxygens (including phenoxy) is 2. The molecule has 0 amide bonds. The lowest BCUT2D eigenvalue weighted by Gasteiger charge is -2.13. The number of pyridine rings is 1. The van der Waals surface area contributed by atoms with Gasteiger partial charge in [0, 0.05) is 35.5 Å². The summed E-state index contributed by atoms with van der Waals surface area (Å²) in [5, 5.41) is 13.4. The van der Waals surface area contributed by atoms with Gasteiger partial charge < -0.3 is 14.8 Å². The van der Waals surface area contributed by atoms with Crippen molar-refractivity contribution in [2.24, 2.45) is 0 Å². The first-order chi connectivity index (χ1) is 12.6. The molecule has 0 atom stereocenters. The lowest BCUT2D eigenvalue weighted by molar-refractivity contribution is 0.146. The smallest absolute Gasteiger partial charge is 0.148 e. The molecule has 3 rings (SSSR count). The minimum Gasteiger partial charge on any atom is -0.490 e. The largest absolute Gasteiger partial charge is 0.490 e. The SMILES string of the molecule is COCCOc1cc2nccc(Nc3ccc(Cl)cc3F)c2cc1C#N. The van der Waals surface area contributed by atoms with Crippen LogP contribution < -0.4 is 10.1 Å². The predicted octanol–water partition coefficient (Wildman–Crippen LogP) is 4.67. The lowest BCUT2D eigenvalue weighted by Crippen LogP contribution is -2.05. The second-order valence-corrected chi connectivity index (χ2v) is 5.86. The number of nitriles is 1. The maximum atomic E-state index is 14.1. The van der Waals surface area contributed by atoms with E-state index in [2.05, 4.69) is 16.4 Å². The monoisotopic (exact) mass is 371 g/mol. The zero-order valence-corrected chi connectivity index (χ0v) is 14.7. The van der Waals surface area contributed by atoms with E-state index in [0.29, 0.717) is 46.1 Å². The van der Waals surface area contributed by atoms with Gasteiger partial charge in [-0.05, 0) is 30.3 Å². The Morgan fingerprint density at radius 3 is 2.77 bits per heavy atom. The van der Waals surface area contributed by atoms with Crippen LogP contribution in [0.1, 0.15) is 5.56 Å². The van der Waals surface area contributed by atoms with Crippen LogP contribution in [-0.4, -0.2) is 25.3 Å². The van der Waals surface area contributed by atoms with Crippen LogP contribution in [0.2, 0.25) is 5.02 Å². The number of benzene rings is 2. The van der Waals surface area contributed by atoms with Gasteiger partial charge in [0.1, 0.15) is 24.2 Å². The van der Waals surface area contributed by atoms with E-state index >= 15 is 0 Å². The van der Waals surface area contributed by atoms with Crippen molar-refractivity contribution in [1.82, 2.24) is 4.98 Å². The quantitative estimate of drug-likeness (QED) is 0.638. The molecular weight excluding hydrogens is 357 g/mol. The molecule has 1 aromatic heterocycles. The van der Waals surface area contributed by atoms with Crippen molar-refractivity contribution < 1.29 is 13.9 Å². The summed E-state index contributed by atoms with van der Waals surface area (Å²) in [6.07, 6.45) is 1.60. The zero-order chi connectivity index (χ0) is 18.5. The van der Waals surface area contributed by atoms with Crippen LogP contribution >= 0.6 is 11.6 Å². The number of methoxy groups -OCH3 is 1. The number of nitrogens with zero attached hydrogens (tertiary/aromatic N) is 2. The summed E-state index contributed by atoms with van der Waals surface area (Å²) in [4.78, 5) is 4.31. The number of aromatic nitrogens is 1. The highest BCUT2D eigenvalue weighted by molar-refractivity contribution is 6.30. The van der Waals surface area contributed by atoms with Gasteiger partial charge in [-0.2, -0.15) is 5.26 Å². The first-order valence-electron chi connectivity index (χ1n) is 7.79. The third-order valence-electron chi connectivity index (χ3n) is 3.71. The van der Waals surface area contributed by atoms with Crippen molar-refractivity contribution in [2.75, 3.05) is 25.6 Å². The van der Waals surface area contributed by atoms with E-state index in [0.717, 1.165) is 0 Å². The van der Waals surface area contributed by atoms with Crippen LogP contribution in [0, 0.1) is 17.1 Å². The Balaban J connectivity index is 2.00. The Kier molecular flexibility index (Phi) is 5.52. The Labute approximate surface area is 154 Å². The van der Waals surface area contributed by atoms with Crippen LogP contribution in [-0.2, 0) is 4.74 Å². The van der Waals surface area contributed by atoms with Crippen molar-refractivity contribution in [3.8, 4) is 11.8 Å². The second-order valence-electron chi connectivity index (χ2n) is 5.43. The fourth-order valence-corrected chi connectivity index (χ4v) is 2.62. The average molecular weight is 372 g/mol. The Morgan fingerprint density at radius 1 is 1.19 bits per heavy atom. The van der Waals surface area contributed by atoms with Crippen LogP contribution in [0.25, 0.3) is 10.9 Å². The van der Waals surface area contributed by atoms with Gasteiger partial charge in [-0.1, -0.05) is 11.6 Å². The third-order valence-corrected chi connectivity index (χ3v) is 3.94. The van der Waals surface area contributed by atoms with E-state index in [1.54, 1.807) is 43.6 Å². The average Bonchev–Trinajstić information content (AvgIpc) is 2.64. The minimum absolute atomic E-state index is 0.279. The minimum atomic E-state index is -0.470. The van der Waals surface area contributed by atoms with Gasteiger partial charge in [0.25, 0.3) is 0 Å². The highest BCUT2D eigenvalue weighted by atomic mass is 35.5. The number of fused-ring (bicyclic) bond motifs is 1. The van der Waals surface area contributed by atoms with Crippen molar-refractivity contribution in [2.45, 2.75) is 0 Å².